The number of aliphatic hydroxyl groups excluding tert-OH is 1. The zero-order valence-corrected chi connectivity index (χ0v) is 29.2. The van der Waals surface area contributed by atoms with E-state index in [-0.39, 0.29) is 43.6 Å². The Morgan fingerprint density at radius 1 is 0.854 bits per heavy atom. The van der Waals surface area contributed by atoms with Gasteiger partial charge in [0.15, 0.2) is 0 Å². The number of halogens is 2. The third-order valence-corrected chi connectivity index (χ3v) is 9.49. The summed E-state index contributed by atoms with van der Waals surface area (Å²) in [5.41, 5.74) is 2.89. The predicted molar refractivity (Wildman–Crippen MR) is 189 cm³/mol. The van der Waals surface area contributed by atoms with Crippen LogP contribution in [0.2, 0.25) is 0 Å². The van der Waals surface area contributed by atoms with E-state index in [2.05, 4.69) is 43.5 Å². The molecule has 1 saturated carbocycles. The van der Waals surface area contributed by atoms with E-state index >= 15 is 0 Å². The van der Waals surface area contributed by atoms with Gasteiger partial charge in [-0.15, -0.1) is 0 Å². The van der Waals surface area contributed by atoms with E-state index in [9.17, 15) is 23.5 Å². The zero-order valence-electron chi connectivity index (χ0n) is 29.2. The second-order valence-corrected chi connectivity index (χ2v) is 14.4. The number of nitrogens with zero attached hydrogens (tertiary/aromatic N) is 1. The molecule has 8 heteroatoms. The fourth-order valence-corrected chi connectivity index (χ4v) is 6.57. The number of nitrogens with one attached hydrogen (secondary N) is 2. The largest absolute Gasteiger partial charge is 0.390 e. The highest BCUT2D eigenvalue weighted by atomic mass is 19.3. The van der Waals surface area contributed by atoms with Crippen LogP contribution in [0.25, 0.3) is 0 Å². The quantitative estimate of drug-likeness (QED) is 0.166. The van der Waals surface area contributed by atoms with E-state index in [4.69, 9.17) is 0 Å². The number of rotatable bonds is 14. The molecule has 0 radical (unpaired) electrons. The molecule has 0 heterocycles. The van der Waals surface area contributed by atoms with E-state index in [0.717, 1.165) is 29.5 Å². The Labute approximate surface area is 285 Å². The Morgan fingerprint density at radius 2 is 1.48 bits per heavy atom. The SMILES string of the molecule is CCCN(CCC)C(=O)c1cccc(C(=O)N[C@@H](Cc2ccccc2)[C@H](O)CNC2(c3cccc(C(C)(C)C)c3)CCC(F)(F)CC2)c1. The number of alkyl halides is 2. The molecule has 0 bridgehead atoms. The molecule has 3 N–H and O–H groups in total. The lowest BCUT2D eigenvalue weighted by Crippen LogP contribution is -2.54. The van der Waals surface area contributed by atoms with Gasteiger partial charge in [0.05, 0.1) is 12.1 Å². The number of amides is 2. The molecule has 0 aliphatic heterocycles. The first-order valence-corrected chi connectivity index (χ1v) is 17.4. The minimum absolute atomic E-state index is 0.0879. The lowest BCUT2D eigenvalue weighted by molar-refractivity contribution is -0.0586. The fourth-order valence-electron chi connectivity index (χ4n) is 6.57. The van der Waals surface area contributed by atoms with Crippen LogP contribution in [-0.2, 0) is 17.4 Å². The number of hydrogen-bond donors (Lipinski definition) is 3. The van der Waals surface area contributed by atoms with Crippen molar-refractivity contribution in [2.45, 2.75) is 109 Å². The normalized spacial score (nSPS) is 16.9. The van der Waals surface area contributed by atoms with E-state index in [1.165, 1.54) is 0 Å². The number of carbonyl (C=O) groups is 2. The van der Waals surface area contributed by atoms with Gasteiger partial charge in [0.2, 0.25) is 5.92 Å². The van der Waals surface area contributed by atoms with Crippen molar-refractivity contribution in [3.8, 4) is 0 Å². The molecule has 48 heavy (non-hydrogen) atoms. The van der Waals surface area contributed by atoms with Crippen molar-refractivity contribution in [2.75, 3.05) is 19.6 Å². The molecule has 1 aliphatic rings. The minimum Gasteiger partial charge on any atom is -0.390 e. The van der Waals surface area contributed by atoms with Gasteiger partial charge >= 0.3 is 0 Å². The number of aliphatic hydroxyl groups is 1. The summed E-state index contributed by atoms with van der Waals surface area (Å²) < 4.78 is 28.9. The Kier molecular flexibility index (Phi) is 12.5. The summed E-state index contributed by atoms with van der Waals surface area (Å²) >= 11 is 0. The molecule has 260 valence electrons. The number of benzene rings is 3. The Balaban J connectivity index is 1.57. The van der Waals surface area contributed by atoms with Crippen molar-refractivity contribution in [1.29, 1.82) is 0 Å². The smallest absolute Gasteiger partial charge is 0.253 e. The van der Waals surface area contributed by atoms with Crippen LogP contribution in [0.3, 0.4) is 0 Å². The van der Waals surface area contributed by atoms with E-state index in [0.29, 0.717) is 30.6 Å². The van der Waals surface area contributed by atoms with E-state index in [1.54, 1.807) is 29.2 Å². The molecule has 1 fully saturated rings. The minimum atomic E-state index is -2.73. The van der Waals surface area contributed by atoms with Gasteiger partial charge < -0.3 is 20.6 Å². The summed E-state index contributed by atoms with van der Waals surface area (Å²) in [7, 11) is 0. The molecule has 0 aromatic heterocycles. The second-order valence-electron chi connectivity index (χ2n) is 14.4. The molecule has 2 atom stereocenters. The van der Waals surface area contributed by atoms with Crippen molar-refractivity contribution in [3.05, 3.63) is 107 Å². The van der Waals surface area contributed by atoms with Gasteiger partial charge in [-0.3, -0.25) is 9.59 Å². The highest BCUT2D eigenvalue weighted by molar-refractivity contribution is 5.99. The van der Waals surface area contributed by atoms with Gasteiger partial charge in [-0.25, -0.2) is 8.78 Å². The Morgan fingerprint density at radius 3 is 2.10 bits per heavy atom. The summed E-state index contributed by atoms with van der Waals surface area (Å²) in [6.45, 7) is 11.8. The van der Waals surface area contributed by atoms with Crippen molar-refractivity contribution < 1.29 is 23.5 Å². The molecule has 2 amide bonds. The molecule has 0 saturated heterocycles. The first-order chi connectivity index (χ1) is 22.8. The Bertz CT molecular complexity index is 1490. The number of hydrogen-bond acceptors (Lipinski definition) is 4. The van der Waals surface area contributed by atoms with Crippen molar-refractivity contribution in [1.82, 2.24) is 15.5 Å². The average molecular weight is 662 g/mol. The highest BCUT2D eigenvalue weighted by Gasteiger charge is 2.44. The maximum Gasteiger partial charge on any atom is 0.253 e. The average Bonchev–Trinajstić information content (AvgIpc) is 3.07. The van der Waals surface area contributed by atoms with Crippen LogP contribution in [0.5, 0.6) is 0 Å². The molecular weight excluding hydrogens is 608 g/mol. The van der Waals surface area contributed by atoms with Crippen LogP contribution >= 0.6 is 0 Å². The molecule has 0 unspecified atom stereocenters. The van der Waals surface area contributed by atoms with Crippen molar-refractivity contribution in [3.63, 3.8) is 0 Å². The second kappa shape index (κ2) is 16.2. The standard InChI is InChI=1S/C40H53F2N3O3/c1-6-23-45(24-7-2)37(48)31-16-11-15-30(26-31)36(47)44-34(25-29-13-9-8-10-14-29)35(46)28-43-39(19-21-40(41,42)22-20-39)33-18-12-17-32(27-33)38(3,4)5/h8-18,26-27,34-35,43,46H,6-7,19-25,28H2,1-5H3,(H,44,47)/t34-,35+/m0/s1. The number of carbonyl (C=O) groups excluding carboxylic acids is 2. The summed E-state index contributed by atoms with van der Waals surface area (Å²) in [5, 5.41) is 18.3. The molecular formula is C40H53F2N3O3. The first kappa shape index (κ1) is 37.2. The lowest BCUT2D eigenvalue weighted by Gasteiger charge is -2.43. The summed E-state index contributed by atoms with van der Waals surface area (Å²) in [6.07, 6.45) is 0.961. The molecule has 0 spiro atoms. The van der Waals surface area contributed by atoms with Crippen molar-refractivity contribution in [2.24, 2.45) is 0 Å². The molecule has 1 aliphatic carbocycles. The van der Waals surface area contributed by atoms with E-state index in [1.807, 2.05) is 56.3 Å². The third kappa shape index (κ3) is 9.73. The van der Waals surface area contributed by atoms with Gasteiger partial charge in [-0.05, 0) is 72.4 Å². The molecule has 3 aromatic carbocycles. The monoisotopic (exact) mass is 661 g/mol. The van der Waals surface area contributed by atoms with Gasteiger partial charge in [-0.1, -0.05) is 95.3 Å². The first-order valence-electron chi connectivity index (χ1n) is 17.4. The zero-order chi connectivity index (χ0) is 35.0. The van der Waals surface area contributed by atoms with Crippen LogP contribution in [0.1, 0.15) is 111 Å². The van der Waals surface area contributed by atoms with Gasteiger partial charge in [-0.2, -0.15) is 0 Å². The van der Waals surface area contributed by atoms with Crippen LogP contribution in [-0.4, -0.2) is 59.5 Å². The molecule has 4 rings (SSSR count). The van der Waals surface area contributed by atoms with Crippen molar-refractivity contribution >= 4 is 11.8 Å². The van der Waals surface area contributed by atoms with Gasteiger partial charge in [0, 0.05) is 49.1 Å². The van der Waals surface area contributed by atoms with Crippen LogP contribution in [0, 0.1) is 0 Å². The van der Waals surface area contributed by atoms with Crippen LogP contribution in [0.15, 0.2) is 78.9 Å². The van der Waals surface area contributed by atoms with Gasteiger partial charge in [0.25, 0.3) is 11.8 Å². The highest BCUT2D eigenvalue weighted by Crippen LogP contribution is 2.44. The summed E-state index contributed by atoms with van der Waals surface area (Å²) in [6, 6.07) is 23.7. The Hall–Kier alpha value is -3.62. The lowest BCUT2D eigenvalue weighted by atomic mass is 9.73. The topological polar surface area (TPSA) is 81.7 Å². The maximum absolute atomic E-state index is 14.5. The van der Waals surface area contributed by atoms with Crippen LogP contribution < -0.4 is 10.6 Å². The fraction of sp³-hybridized carbons (Fsp3) is 0.500. The van der Waals surface area contributed by atoms with Gasteiger partial charge in [0.1, 0.15) is 0 Å². The third-order valence-electron chi connectivity index (χ3n) is 9.49. The summed E-state index contributed by atoms with van der Waals surface area (Å²) in [4.78, 5) is 28.8. The molecule has 3 aromatic rings. The van der Waals surface area contributed by atoms with Crippen LogP contribution in [0.4, 0.5) is 8.78 Å². The van der Waals surface area contributed by atoms with E-state index < -0.39 is 29.5 Å². The maximum atomic E-state index is 14.5. The summed E-state index contributed by atoms with van der Waals surface area (Å²) in [5.74, 6) is -3.24. The molecule has 6 nitrogen and oxygen atoms in total. The predicted octanol–water partition coefficient (Wildman–Crippen LogP) is 7.64.